The molecule has 1 aromatic carbocycles. The molecule has 90 valence electrons. The number of rotatable bonds is 2. The Hall–Kier alpha value is -1.43. The molecular formula is C11H9BrFNO3. The largest absolute Gasteiger partial charge is 0.481 e. The highest BCUT2D eigenvalue weighted by Crippen LogP contribution is 2.30. The van der Waals surface area contributed by atoms with E-state index in [4.69, 9.17) is 5.11 Å². The Balaban J connectivity index is 2.32. The smallest absolute Gasteiger partial charge is 0.308 e. The van der Waals surface area contributed by atoms with Gasteiger partial charge in [-0.05, 0) is 28.1 Å². The van der Waals surface area contributed by atoms with Gasteiger partial charge >= 0.3 is 5.97 Å². The summed E-state index contributed by atoms with van der Waals surface area (Å²) in [5.41, 5.74) is 0.119. The number of hydrogen-bond acceptors (Lipinski definition) is 2. The highest BCUT2D eigenvalue weighted by molar-refractivity contribution is 9.10. The molecule has 0 spiro atoms. The molecule has 2 rings (SSSR count). The number of halogens is 2. The zero-order valence-electron chi connectivity index (χ0n) is 8.69. The first kappa shape index (κ1) is 12.0. The van der Waals surface area contributed by atoms with E-state index in [0.29, 0.717) is 0 Å². The Morgan fingerprint density at radius 3 is 2.82 bits per heavy atom. The molecule has 1 saturated heterocycles. The molecule has 0 radical (unpaired) electrons. The molecule has 1 aliphatic heterocycles. The van der Waals surface area contributed by atoms with Crippen LogP contribution in [0.5, 0.6) is 0 Å². The Labute approximate surface area is 105 Å². The van der Waals surface area contributed by atoms with Crippen molar-refractivity contribution in [3.63, 3.8) is 0 Å². The van der Waals surface area contributed by atoms with Gasteiger partial charge in [0.25, 0.3) is 0 Å². The van der Waals surface area contributed by atoms with Crippen molar-refractivity contribution in [2.24, 2.45) is 5.92 Å². The number of carboxylic acids is 1. The summed E-state index contributed by atoms with van der Waals surface area (Å²) < 4.78 is 14.0. The third kappa shape index (κ3) is 2.17. The number of anilines is 1. The van der Waals surface area contributed by atoms with Gasteiger partial charge in [0, 0.05) is 13.0 Å². The van der Waals surface area contributed by atoms with E-state index in [0.717, 1.165) is 0 Å². The van der Waals surface area contributed by atoms with Gasteiger partial charge in [0.15, 0.2) is 5.82 Å². The fourth-order valence-corrected chi connectivity index (χ4v) is 2.16. The van der Waals surface area contributed by atoms with Crippen molar-refractivity contribution in [3.8, 4) is 0 Å². The minimum Gasteiger partial charge on any atom is -0.481 e. The van der Waals surface area contributed by atoms with E-state index in [1.165, 1.54) is 17.0 Å². The monoisotopic (exact) mass is 301 g/mol. The lowest BCUT2D eigenvalue weighted by atomic mass is 10.1. The number of amides is 1. The number of hydrogen-bond donors (Lipinski definition) is 1. The second kappa shape index (κ2) is 4.44. The van der Waals surface area contributed by atoms with Crippen molar-refractivity contribution >= 4 is 33.5 Å². The summed E-state index contributed by atoms with van der Waals surface area (Å²) in [6.07, 6.45) is -0.0821. The van der Waals surface area contributed by atoms with E-state index in [-0.39, 0.29) is 29.0 Å². The van der Waals surface area contributed by atoms with Gasteiger partial charge in [-0.15, -0.1) is 0 Å². The molecule has 17 heavy (non-hydrogen) atoms. The Kier molecular flexibility index (Phi) is 3.15. The van der Waals surface area contributed by atoms with E-state index in [2.05, 4.69) is 15.9 Å². The third-order valence-corrected chi connectivity index (χ3v) is 3.31. The van der Waals surface area contributed by atoms with Crippen LogP contribution in [0.2, 0.25) is 0 Å². The van der Waals surface area contributed by atoms with Gasteiger partial charge in [-0.3, -0.25) is 9.59 Å². The molecule has 1 unspecified atom stereocenters. The van der Waals surface area contributed by atoms with Crippen LogP contribution in [0.1, 0.15) is 6.42 Å². The highest BCUT2D eigenvalue weighted by Gasteiger charge is 2.36. The second-order valence-electron chi connectivity index (χ2n) is 3.82. The van der Waals surface area contributed by atoms with Gasteiger partial charge in [0.2, 0.25) is 5.91 Å². The minimum atomic E-state index is -1.03. The fraction of sp³-hybridized carbons (Fsp3) is 0.273. The maximum atomic E-state index is 13.8. The number of carbonyl (C=O) groups excluding carboxylic acids is 1. The lowest BCUT2D eigenvalue weighted by Gasteiger charge is -2.17. The summed E-state index contributed by atoms with van der Waals surface area (Å²) in [6.45, 7) is 0.0154. The lowest BCUT2D eigenvalue weighted by molar-refractivity contribution is -0.141. The SMILES string of the molecule is O=C(O)C1CC(=O)N(c2cccc(Br)c2F)C1. The summed E-state index contributed by atoms with van der Waals surface area (Å²) in [5.74, 6) is -2.71. The van der Waals surface area contributed by atoms with Crippen LogP contribution in [0.25, 0.3) is 0 Å². The summed E-state index contributed by atoms with van der Waals surface area (Å²) >= 11 is 3.03. The molecule has 0 aromatic heterocycles. The molecule has 1 heterocycles. The van der Waals surface area contributed by atoms with Gasteiger partial charge in [-0.2, -0.15) is 0 Å². The van der Waals surface area contributed by atoms with Crippen LogP contribution in [0.4, 0.5) is 10.1 Å². The average molecular weight is 302 g/mol. The predicted molar refractivity (Wildman–Crippen MR) is 62.2 cm³/mol. The Morgan fingerprint density at radius 1 is 1.53 bits per heavy atom. The van der Waals surface area contributed by atoms with Crippen LogP contribution in [0, 0.1) is 11.7 Å². The van der Waals surface area contributed by atoms with Crippen molar-refractivity contribution < 1.29 is 19.1 Å². The van der Waals surface area contributed by atoms with Crippen LogP contribution in [0.3, 0.4) is 0 Å². The standard InChI is InChI=1S/C11H9BrFNO3/c12-7-2-1-3-8(10(7)13)14-5-6(11(16)17)4-9(14)15/h1-3,6H,4-5H2,(H,16,17). The maximum absolute atomic E-state index is 13.8. The molecule has 1 atom stereocenters. The molecule has 1 amide bonds. The van der Waals surface area contributed by atoms with Crippen LogP contribution in [-0.4, -0.2) is 23.5 Å². The molecule has 1 fully saturated rings. The Morgan fingerprint density at radius 2 is 2.24 bits per heavy atom. The van der Waals surface area contributed by atoms with Gasteiger partial charge in [0.1, 0.15) is 0 Å². The van der Waals surface area contributed by atoms with Crippen molar-refractivity contribution in [1.29, 1.82) is 0 Å². The summed E-state index contributed by atoms with van der Waals surface area (Å²) in [5, 5.41) is 8.84. The van der Waals surface area contributed by atoms with Crippen molar-refractivity contribution in [2.75, 3.05) is 11.4 Å². The zero-order valence-corrected chi connectivity index (χ0v) is 10.3. The quantitative estimate of drug-likeness (QED) is 0.909. The van der Waals surface area contributed by atoms with Crippen LogP contribution in [-0.2, 0) is 9.59 Å². The molecule has 4 nitrogen and oxygen atoms in total. The first-order valence-corrected chi connectivity index (χ1v) is 5.77. The number of carboxylic acid groups (broad SMARTS) is 1. The summed E-state index contributed by atoms with van der Waals surface area (Å²) in [4.78, 5) is 23.6. The third-order valence-electron chi connectivity index (χ3n) is 2.70. The normalized spacial score (nSPS) is 19.8. The minimum absolute atomic E-state index is 0.0154. The van der Waals surface area contributed by atoms with E-state index < -0.39 is 17.7 Å². The number of nitrogens with zero attached hydrogens (tertiary/aromatic N) is 1. The van der Waals surface area contributed by atoms with Crippen LogP contribution in [0.15, 0.2) is 22.7 Å². The molecule has 1 aromatic rings. The molecular weight excluding hydrogens is 293 g/mol. The molecule has 6 heteroatoms. The maximum Gasteiger partial charge on any atom is 0.308 e. The van der Waals surface area contributed by atoms with Gasteiger partial charge in [-0.25, -0.2) is 4.39 Å². The average Bonchev–Trinajstić information content (AvgIpc) is 2.65. The van der Waals surface area contributed by atoms with E-state index in [1.807, 2.05) is 0 Å². The fourth-order valence-electron chi connectivity index (χ4n) is 1.81. The van der Waals surface area contributed by atoms with Gasteiger partial charge < -0.3 is 10.0 Å². The van der Waals surface area contributed by atoms with E-state index in [1.54, 1.807) is 6.07 Å². The summed E-state index contributed by atoms with van der Waals surface area (Å²) in [7, 11) is 0. The topological polar surface area (TPSA) is 57.6 Å². The zero-order chi connectivity index (χ0) is 12.6. The number of benzene rings is 1. The van der Waals surface area contributed by atoms with Crippen molar-refractivity contribution in [2.45, 2.75) is 6.42 Å². The number of carbonyl (C=O) groups is 2. The van der Waals surface area contributed by atoms with E-state index in [9.17, 15) is 14.0 Å². The summed E-state index contributed by atoms with van der Waals surface area (Å²) in [6, 6.07) is 4.58. The first-order chi connectivity index (χ1) is 8.00. The molecule has 0 aliphatic carbocycles. The van der Waals surface area contributed by atoms with Crippen LogP contribution >= 0.6 is 15.9 Å². The van der Waals surface area contributed by atoms with Crippen molar-refractivity contribution in [1.82, 2.24) is 0 Å². The molecule has 1 aliphatic rings. The highest BCUT2D eigenvalue weighted by atomic mass is 79.9. The van der Waals surface area contributed by atoms with Crippen molar-refractivity contribution in [3.05, 3.63) is 28.5 Å². The number of aliphatic carboxylic acids is 1. The Bertz CT molecular complexity index is 492. The molecule has 1 N–H and O–H groups in total. The second-order valence-corrected chi connectivity index (χ2v) is 4.67. The molecule has 0 bridgehead atoms. The van der Waals surface area contributed by atoms with E-state index >= 15 is 0 Å². The lowest BCUT2D eigenvalue weighted by Crippen LogP contribution is -2.26. The van der Waals surface area contributed by atoms with Gasteiger partial charge in [0.05, 0.1) is 16.1 Å². The predicted octanol–water partition coefficient (Wildman–Crippen LogP) is 2.03. The molecule has 0 saturated carbocycles. The first-order valence-electron chi connectivity index (χ1n) is 4.98. The van der Waals surface area contributed by atoms with Gasteiger partial charge in [-0.1, -0.05) is 6.07 Å². The van der Waals surface area contributed by atoms with Crippen LogP contribution < -0.4 is 4.90 Å².